The predicted molar refractivity (Wildman–Crippen MR) is 58.4 cm³/mol. The summed E-state index contributed by atoms with van der Waals surface area (Å²) in [6, 6.07) is 8.08. The molecule has 1 aliphatic heterocycles. The minimum atomic E-state index is 0.398. The van der Waals surface area contributed by atoms with Gasteiger partial charge in [0.2, 0.25) is 0 Å². The lowest BCUT2D eigenvalue weighted by Gasteiger charge is -2.27. The summed E-state index contributed by atoms with van der Waals surface area (Å²) >= 11 is 0. The third kappa shape index (κ3) is 1.53. The maximum atomic E-state index is 5.66. The highest BCUT2D eigenvalue weighted by molar-refractivity contribution is 5.71. The van der Waals surface area contributed by atoms with Crippen LogP contribution >= 0.6 is 0 Å². The van der Waals surface area contributed by atoms with Crippen molar-refractivity contribution >= 4 is 5.57 Å². The van der Waals surface area contributed by atoms with Crippen molar-refractivity contribution in [3.8, 4) is 5.75 Å². The van der Waals surface area contributed by atoms with E-state index in [9.17, 15) is 0 Å². The summed E-state index contributed by atoms with van der Waals surface area (Å²) in [5, 5.41) is 3.16. The van der Waals surface area contributed by atoms with Crippen molar-refractivity contribution in [1.82, 2.24) is 5.32 Å². The Kier molecular flexibility index (Phi) is 2.55. The van der Waals surface area contributed by atoms with Gasteiger partial charge in [0.1, 0.15) is 5.75 Å². The first kappa shape index (κ1) is 9.28. The molecule has 2 nitrogen and oxygen atoms in total. The quantitative estimate of drug-likeness (QED) is 0.767. The Morgan fingerprint density at radius 1 is 1.50 bits per heavy atom. The van der Waals surface area contributed by atoms with E-state index in [4.69, 9.17) is 4.74 Å². The molecule has 0 fully saturated rings. The molecule has 0 bridgehead atoms. The lowest BCUT2D eigenvalue weighted by molar-refractivity contribution is 0.265. The van der Waals surface area contributed by atoms with Gasteiger partial charge in [-0.3, -0.25) is 0 Å². The van der Waals surface area contributed by atoms with E-state index in [1.165, 1.54) is 5.57 Å². The number of para-hydroxylation sites is 1. The van der Waals surface area contributed by atoms with Gasteiger partial charge in [-0.2, -0.15) is 0 Å². The van der Waals surface area contributed by atoms with Gasteiger partial charge in [0.05, 0.1) is 6.61 Å². The Morgan fingerprint density at radius 2 is 2.29 bits per heavy atom. The molecule has 1 heterocycles. The van der Waals surface area contributed by atoms with E-state index in [0.717, 1.165) is 24.5 Å². The maximum absolute atomic E-state index is 5.66. The second-order valence-electron chi connectivity index (χ2n) is 3.59. The van der Waals surface area contributed by atoms with Gasteiger partial charge in [-0.05, 0) is 18.7 Å². The fourth-order valence-electron chi connectivity index (χ4n) is 1.80. The van der Waals surface area contributed by atoms with E-state index in [0.29, 0.717) is 5.92 Å². The van der Waals surface area contributed by atoms with Crippen LogP contribution in [0.3, 0.4) is 0 Å². The standard InChI is InChI=1S/C12H15NO/c1-9-10(7-13-2)8-14-12-6-4-3-5-11(9)12/h3-6,10,13H,1,7-8H2,2H3. The van der Waals surface area contributed by atoms with Crippen molar-refractivity contribution in [3.05, 3.63) is 36.4 Å². The lowest BCUT2D eigenvalue weighted by atomic mass is 9.91. The maximum Gasteiger partial charge on any atom is 0.126 e. The number of rotatable bonds is 2. The van der Waals surface area contributed by atoms with Crippen molar-refractivity contribution in [2.24, 2.45) is 5.92 Å². The molecule has 0 saturated carbocycles. The summed E-state index contributed by atoms with van der Waals surface area (Å²) in [6.07, 6.45) is 0. The molecule has 14 heavy (non-hydrogen) atoms. The predicted octanol–water partition coefficient (Wildman–Crippen LogP) is 1.93. The van der Waals surface area contributed by atoms with Crippen LogP contribution in [0.5, 0.6) is 5.75 Å². The summed E-state index contributed by atoms with van der Waals surface area (Å²) in [6.45, 7) is 5.79. The Hall–Kier alpha value is -1.28. The summed E-state index contributed by atoms with van der Waals surface area (Å²) in [5.74, 6) is 1.36. The Balaban J connectivity index is 2.27. The van der Waals surface area contributed by atoms with E-state index in [1.54, 1.807) is 0 Å². The monoisotopic (exact) mass is 189 g/mol. The first-order valence-electron chi connectivity index (χ1n) is 4.88. The fourth-order valence-corrected chi connectivity index (χ4v) is 1.80. The fraction of sp³-hybridized carbons (Fsp3) is 0.333. The van der Waals surface area contributed by atoms with E-state index < -0.39 is 0 Å². The van der Waals surface area contributed by atoms with Crippen LogP contribution < -0.4 is 10.1 Å². The molecule has 0 radical (unpaired) electrons. The molecule has 1 unspecified atom stereocenters. The zero-order valence-electron chi connectivity index (χ0n) is 8.42. The molecule has 1 aliphatic rings. The van der Waals surface area contributed by atoms with Crippen molar-refractivity contribution in [1.29, 1.82) is 0 Å². The average molecular weight is 189 g/mol. The van der Waals surface area contributed by atoms with Crippen LogP contribution in [0.15, 0.2) is 30.8 Å². The molecule has 0 aromatic heterocycles. The highest BCUT2D eigenvalue weighted by Gasteiger charge is 2.22. The number of ether oxygens (including phenoxy) is 1. The summed E-state index contributed by atoms with van der Waals surface area (Å²) in [5.41, 5.74) is 2.33. The third-order valence-electron chi connectivity index (χ3n) is 2.62. The number of hydrogen-bond acceptors (Lipinski definition) is 2. The smallest absolute Gasteiger partial charge is 0.126 e. The number of benzene rings is 1. The highest BCUT2D eigenvalue weighted by atomic mass is 16.5. The summed E-state index contributed by atoms with van der Waals surface area (Å²) in [7, 11) is 1.95. The van der Waals surface area contributed by atoms with Crippen LogP contribution in [-0.4, -0.2) is 20.2 Å². The van der Waals surface area contributed by atoms with Crippen LogP contribution in [0.4, 0.5) is 0 Å². The van der Waals surface area contributed by atoms with Crippen molar-refractivity contribution in [3.63, 3.8) is 0 Å². The normalized spacial score (nSPS) is 20.1. The van der Waals surface area contributed by atoms with Crippen molar-refractivity contribution in [2.45, 2.75) is 0 Å². The number of hydrogen-bond donors (Lipinski definition) is 1. The molecule has 1 N–H and O–H groups in total. The molecule has 1 aromatic rings. The molecule has 1 aromatic carbocycles. The van der Waals surface area contributed by atoms with Gasteiger partial charge < -0.3 is 10.1 Å². The molecule has 1 atom stereocenters. The number of nitrogens with one attached hydrogen (secondary N) is 1. The van der Waals surface area contributed by atoms with Gasteiger partial charge in [0.15, 0.2) is 0 Å². The van der Waals surface area contributed by atoms with E-state index in [-0.39, 0.29) is 0 Å². The second kappa shape index (κ2) is 3.84. The Morgan fingerprint density at radius 3 is 3.07 bits per heavy atom. The molecular weight excluding hydrogens is 174 g/mol. The third-order valence-corrected chi connectivity index (χ3v) is 2.62. The van der Waals surface area contributed by atoms with Crippen molar-refractivity contribution < 1.29 is 4.74 Å². The van der Waals surface area contributed by atoms with Crippen LogP contribution in [-0.2, 0) is 0 Å². The molecule has 2 rings (SSSR count). The van der Waals surface area contributed by atoms with Gasteiger partial charge in [0, 0.05) is 18.0 Å². The van der Waals surface area contributed by atoms with Gasteiger partial charge in [-0.1, -0.05) is 24.8 Å². The molecule has 2 heteroatoms. The largest absolute Gasteiger partial charge is 0.492 e. The lowest BCUT2D eigenvalue weighted by Crippen LogP contribution is -2.28. The summed E-state index contributed by atoms with van der Waals surface area (Å²) < 4.78 is 5.66. The Labute approximate surface area is 84.6 Å². The van der Waals surface area contributed by atoms with Crippen LogP contribution in [0.25, 0.3) is 5.57 Å². The van der Waals surface area contributed by atoms with Crippen LogP contribution in [0.2, 0.25) is 0 Å². The van der Waals surface area contributed by atoms with E-state index in [1.807, 2.05) is 25.2 Å². The molecule has 74 valence electrons. The molecule has 0 aliphatic carbocycles. The van der Waals surface area contributed by atoms with Crippen LogP contribution in [0.1, 0.15) is 5.56 Å². The number of fused-ring (bicyclic) bond motifs is 1. The first-order valence-corrected chi connectivity index (χ1v) is 4.88. The first-order chi connectivity index (χ1) is 6.83. The molecular formula is C12H15NO. The van der Waals surface area contributed by atoms with Gasteiger partial charge >= 0.3 is 0 Å². The second-order valence-corrected chi connectivity index (χ2v) is 3.59. The highest BCUT2D eigenvalue weighted by Crippen LogP contribution is 2.34. The molecule has 0 spiro atoms. The molecule has 0 saturated heterocycles. The van der Waals surface area contributed by atoms with Crippen LogP contribution in [0, 0.1) is 5.92 Å². The van der Waals surface area contributed by atoms with Gasteiger partial charge in [-0.25, -0.2) is 0 Å². The van der Waals surface area contributed by atoms with E-state index in [2.05, 4.69) is 18.0 Å². The Bertz CT molecular complexity index is 346. The SMILES string of the molecule is C=C1c2ccccc2OCC1CNC. The van der Waals surface area contributed by atoms with E-state index >= 15 is 0 Å². The topological polar surface area (TPSA) is 21.3 Å². The summed E-state index contributed by atoms with van der Waals surface area (Å²) in [4.78, 5) is 0. The minimum absolute atomic E-state index is 0.398. The average Bonchev–Trinajstić information content (AvgIpc) is 2.23. The van der Waals surface area contributed by atoms with Crippen molar-refractivity contribution in [2.75, 3.05) is 20.2 Å². The minimum Gasteiger partial charge on any atom is -0.492 e. The zero-order chi connectivity index (χ0) is 9.97. The van der Waals surface area contributed by atoms with Gasteiger partial charge in [-0.15, -0.1) is 0 Å². The zero-order valence-corrected chi connectivity index (χ0v) is 8.42. The van der Waals surface area contributed by atoms with Gasteiger partial charge in [0.25, 0.3) is 0 Å². The molecule has 0 amide bonds.